The van der Waals surface area contributed by atoms with Gasteiger partial charge in [0.1, 0.15) is 17.3 Å². The summed E-state index contributed by atoms with van der Waals surface area (Å²) in [5.74, 6) is 0.846. The number of rotatable bonds is 7. The Labute approximate surface area is 167 Å². The number of anilines is 1. The van der Waals surface area contributed by atoms with Gasteiger partial charge in [-0.1, -0.05) is 0 Å². The smallest absolute Gasteiger partial charge is 0.228 e. The number of nitrogens with zero attached hydrogens (tertiary/aromatic N) is 3. The van der Waals surface area contributed by atoms with E-state index in [-0.39, 0.29) is 30.2 Å². The fourth-order valence-corrected chi connectivity index (χ4v) is 2.58. The molecular formula is C21H19FN4O3. The fourth-order valence-electron chi connectivity index (χ4n) is 2.58. The summed E-state index contributed by atoms with van der Waals surface area (Å²) in [5.41, 5.74) is 1.04. The quantitative estimate of drug-likeness (QED) is 0.656. The molecule has 0 aliphatic heterocycles. The maximum Gasteiger partial charge on any atom is 0.228 e. The standard InChI is InChI=1S/C21H19FN4O3/c1-14-11-20(26(2)25-14)24-21(27)9-10-28-16-4-6-17(7-5-16)29-19-8-3-15(13-23)12-18(19)22/h3-8,11-12H,9-10H2,1-2H3,(H,24,27). The van der Waals surface area contributed by atoms with Crippen molar-refractivity contribution in [2.75, 3.05) is 11.9 Å². The van der Waals surface area contributed by atoms with E-state index in [1.165, 1.54) is 12.1 Å². The molecule has 0 radical (unpaired) electrons. The average molecular weight is 394 g/mol. The van der Waals surface area contributed by atoms with Crippen molar-refractivity contribution < 1.29 is 18.7 Å². The lowest BCUT2D eigenvalue weighted by molar-refractivity contribution is -0.116. The first kappa shape index (κ1) is 19.9. The van der Waals surface area contributed by atoms with Crippen LogP contribution in [0.5, 0.6) is 17.2 Å². The molecule has 0 atom stereocenters. The van der Waals surface area contributed by atoms with Gasteiger partial charge in [0.05, 0.1) is 30.4 Å². The average Bonchev–Trinajstić information content (AvgIpc) is 3.01. The number of ether oxygens (including phenoxy) is 2. The van der Waals surface area contributed by atoms with Crippen LogP contribution in [0.25, 0.3) is 0 Å². The highest BCUT2D eigenvalue weighted by Gasteiger charge is 2.08. The third-order valence-corrected chi connectivity index (χ3v) is 3.98. The highest BCUT2D eigenvalue weighted by Crippen LogP contribution is 2.26. The van der Waals surface area contributed by atoms with Crippen LogP contribution in [-0.4, -0.2) is 22.3 Å². The van der Waals surface area contributed by atoms with Gasteiger partial charge in [-0.3, -0.25) is 9.48 Å². The molecule has 1 aromatic heterocycles. The Morgan fingerprint density at radius 1 is 1.21 bits per heavy atom. The van der Waals surface area contributed by atoms with Crippen LogP contribution in [-0.2, 0) is 11.8 Å². The number of hydrogen-bond acceptors (Lipinski definition) is 5. The Hall–Kier alpha value is -3.86. The number of nitrogens with one attached hydrogen (secondary N) is 1. The Kier molecular flexibility index (Phi) is 6.09. The van der Waals surface area contributed by atoms with Crippen LogP contribution in [0, 0.1) is 24.1 Å². The largest absolute Gasteiger partial charge is 0.493 e. The molecule has 7 nitrogen and oxygen atoms in total. The van der Waals surface area contributed by atoms with Crippen molar-refractivity contribution in [2.24, 2.45) is 7.05 Å². The molecule has 1 heterocycles. The molecule has 0 fully saturated rings. The maximum atomic E-state index is 13.9. The first-order valence-electron chi connectivity index (χ1n) is 8.85. The van der Waals surface area contributed by atoms with Gasteiger partial charge in [-0.15, -0.1) is 0 Å². The van der Waals surface area contributed by atoms with Crippen LogP contribution in [0.2, 0.25) is 0 Å². The Bertz CT molecular complexity index is 1050. The topological polar surface area (TPSA) is 89.2 Å². The van der Waals surface area contributed by atoms with E-state index < -0.39 is 5.82 Å². The predicted octanol–water partition coefficient (Wildman–Crippen LogP) is 3.94. The van der Waals surface area contributed by atoms with Crippen LogP contribution in [0.15, 0.2) is 48.5 Å². The lowest BCUT2D eigenvalue weighted by Crippen LogP contribution is -2.17. The molecule has 148 valence electrons. The summed E-state index contributed by atoms with van der Waals surface area (Å²) in [6.07, 6.45) is 0.179. The van der Waals surface area contributed by atoms with Gasteiger partial charge in [0.15, 0.2) is 11.6 Å². The summed E-state index contributed by atoms with van der Waals surface area (Å²) in [6, 6.07) is 14.2. The van der Waals surface area contributed by atoms with E-state index in [0.717, 1.165) is 11.8 Å². The molecule has 0 saturated heterocycles. The minimum Gasteiger partial charge on any atom is -0.493 e. The van der Waals surface area contributed by atoms with Gasteiger partial charge in [-0.2, -0.15) is 10.4 Å². The second kappa shape index (κ2) is 8.89. The third-order valence-electron chi connectivity index (χ3n) is 3.98. The van der Waals surface area contributed by atoms with Crippen LogP contribution < -0.4 is 14.8 Å². The van der Waals surface area contributed by atoms with Gasteiger partial charge in [0, 0.05) is 13.1 Å². The summed E-state index contributed by atoms with van der Waals surface area (Å²) < 4.78 is 26.5. The lowest BCUT2D eigenvalue weighted by Gasteiger charge is -2.09. The van der Waals surface area contributed by atoms with E-state index in [2.05, 4.69) is 10.4 Å². The van der Waals surface area contributed by atoms with E-state index in [1.54, 1.807) is 42.1 Å². The van der Waals surface area contributed by atoms with Crippen molar-refractivity contribution in [1.82, 2.24) is 9.78 Å². The molecule has 1 amide bonds. The number of carbonyl (C=O) groups excluding carboxylic acids is 1. The Balaban J connectivity index is 1.48. The van der Waals surface area contributed by atoms with Gasteiger partial charge in [0.25, 0.3) is 0 Å². The summed E-state index contributed by atoms with van der Waals surface area (Å²) in [6.45, 7) is 2.05. The zero-order valence-corrected chi connectivity index (χ0v) is 16.0. The fraction of sp³-hybridized carbons (Fsp3) is 0.190. The second-order valence-electron chi connectivity index (χ2n) is 6.27. The summed E-state index contributed by atoms with van der Waals surface area (Å²) in [4.78, 5) is 12.0. The molecular weight excluding hydrogens is 375 g/mol. The predicted molar refractivity (Wildman–Crippen MR) is 104 cm³/mol. The molecule has 0 aliphatic rings. The van der Waals surface area contributed by atoms with Crippen LogP contribution in [0.4, 0.5) is 10.2 Å². The lowest BCUT2D eigenvalue weighted by atomic mass is 10.2. The molecule has 0 aliphatic carbocycles. The summed E-state index contributed by atoms with van der Waals surface area (Å²) in [5, 5.41) is 15.7. The number of benzene rings is 2. The normalized spacial score (nSPS) is 10.3. The van der Waals surface area contributed by atoms with Crippen LogP contribution in [0.1, 0.15) is 17.7 Å². The van der Waals surface area contributed by atoms with Crippen molar-refractivity contribution in [3.63, 3.8) is 0 Å². The molecule has 0 bridgehead atoms. The van der Waals surface area contributed by atoms with Crippen molar-refractivity contribution in [3.8, 4) is 23.3 Å². The van der Waals surface area contributed by atoms with E-state index >= 15 is 0 Å². The maximum absolute atomic E-state index is 13.9. The van der Waals surface area contributed by atoms with Crippen molar-refractivity contribution in [3.05, 3.63) is 65.6 Å². The molecule has 0 saturated carbocycles. The van der Waals surface area contributed by atoms with E-state index in [1.807, 2.05) is 13.0 Å². The van der Waals surface area contributed by atoms with Crippen molar-refractivity contribution in [2.45, 2.75) is 13.3 Å². The number of hydrogen-bond donors (Lipinski definition) is 1. The minimum absolute atomic E-state index is 0.0275. The van der Waals surface area contributed by atoms with Gasteiger partial charge < -0.3 is 14.8 Å². The number of amides is 1. The number of aromatic nitrogens is 2. The molecule has 2 aromatic carbocycles. The Morgan fingerprint density at radius 3 is 2.55 bits per heavy atom. The number of nitriles is 1. The molecule has 3 aromatic rings. The molecule has 29 heavy (non-hydrogen) atoms. The SMILES string of the molecule is Cc1cc(NC(=O)CCOc2ccc(Oc3ccc(C#N)cc3F)cc2)n(C)n1. The third kappa shape index (κ3) is 5.32. The van der Waals surface area contributed by atoms with Gasteiger partial charge in [0.2, 0.25) is 5.91 Å². The van der Waals surface area contributed by atoms with Gasteiger partial charge >= 0.3 is 0 Å². The van der Waals surface area contributed by atoms with Crippen molar-refractivity contribution in [1.29, 1.82) is 5.26 Å². The van der Waals surface area contributed by atoms with Gasteiger partial charge in [-0.25, -0.2) is 4.39 Å². The molecule has 1 N–H and O–H groups in total. The highest BCUT2D eigenvalue weighted by molar-refractivity contribution is 5.89. The minimum atomic E-state index is -0.612. The highest BCUT2D eigenvalue weighted by atomic mass is 19.1. The van der Waals surface area contributed by atoms with E-state index in [0.29, 0.717) is 17.3 Å². The Morgan fingerprint density at radius 2 is 1.93 bits per heavy atom. The summed E-state index contributed by atoms with van der Waals surface area (Å²) in [7, 11) is 1.76. The molecule has 8 heteroatoms. The monoisotopic (exact) mass is 394 g/mol. The zero-order chi connectivity index (χ0) is 20.8. The first-order chi connectivity index (χ1) is 13.9. The van der Waals surface area contributed by atoms with Crippen LogP contribution >= 0.6 is 0 Å². The van der Waals surface area contributed by atoms with E-state index in [9.17, 15) is 9.18 Å². The van der Waals surface area contributed by atoms with Gasteiger partial charge in [-0.05, 0) is 49.4 Å². The first-order valence-corrected chi connectivity index (χ1v) is 8.85. The molecule has 3 rings (SSSR count). The number of aryl methyl sites for hydroxylation is 2. The number of carbonyl (C=O) groups is 1. The molecule has 0 spiro atoms. The second-order valence-corrected chi connectivity index (χ2v) is 6.27. The number of halogens is 1. The van der Waals surface area contributed by atoms with Crippen molar-refractivity contribution >= 4 is 11.7 Å². The summed E-state index contributed by atoms with van der Waals surface area (Å²) >= 11 is 0. The zero-order valence-electron chi connectivity index (χ0n) is 16.0. The van der Waals surface area contributed by atoms with Crippen LogP contribution in [0.3, 0.4) is 0 Å². The molecule has 0 unspecified atom stereocenters. The van der Waals surface area contributed by atoms with E-state index in [4.69, 9.17) is 14.7 Å².